The van der Waals surface area contributed by atoms with E-state index in [1.54, 1.807) is 0 Å². The molecule has 56 valence electrons. The van der Waals surface area contributed by atoms with Gasteiger partial charge in [-0.15, -0.1) is 0 Å². The van der Waals surface area contributed by atoms with Gasteiger partial charge in [0, 0.05) is 6.42 Å². The van der Waals surface area contributed by atoms with Gasteiger partial charge >= 0.3 is 29.3 Å². The Bertz CT molecular complexity index is 173. The molecule has 7 heteroatoms. The van der Waals surface area contributed by atoms with Crippen molar-refractivity contribution in [2.75, 3.05) is 0 Å². The van der Waals surface area contributed by atoms with Crippen LogP contribution >= 0.6 is 0 Å². The maximum atomic E-state index is 8.74. The summed E-state index contributed by atoms with van der Waals surface area (Å²) >= 11 is 0. The molecular weight excluding hydrogens is 153 g/mol. The maximum absolute atomic E-state index is 8.74. The van der Waals surface area contributed by atoms with E-state index in [4.69, 9.17) is 22.8 Å². The summed E-state index contributed by atoms with van der Waals surface area (Å²) in [4.78, 5) is 0. The van der Waals surface area contributed by atoms with Gasteiger partial charge in [0.25, 0.3) is 0 Å². The van der Waals surface area contributed by atoms with Gasteiger partial charge < -0.3 is 0 Å². The van der Waals surface area contributed by atoms with Crippen LogP contribution in [0, 0.1) is 11.3 Å². The predicted octanol–water partition coefficient (Wildman–Crippen LogP) is -0.381. The molecule has 0 aromatic rings. The van der Waals surface area contributed by atoms with Crippen LogP contribution in [0.3, 0.4) is 0 Å². The molecule has 0 bridgehead atoms. The molecule has 0 rings (SSSR count). The Balaban J connectivity index is -0.0000000910. The van der Waals surface area contributed by atoms with Crippen LogP contribution in [-0.4, -0.2) is 36.4 Å². The third-order valence-electron chi connectivity index (χ3n) is 0.158. The first-order chi connectivity index (χ1) is 3.91. The molecular formula is C3H8LiNO4S. The fraction of sp³-hybridized carbons (Fsp3) is 0.667. The zero-order chi connectivity index (χ0) is 7.91. The second-order valence-electron chi connectivity index (χ2n) is 0.960. The van der Waals surface area contributed by atoms with Crippen molar-refractivity contribution in [3.63, 3.8) is 0 Å². The normalized spacial score (nSPS) is 7.80. The molecule has 0 aromatic carbocycles. The van der Waals surface area contributed by atoms with E-state index in [2.05, 4.69) is 0 Å². The van der Waals surface area contributed by atoms with Crippen molar-refractivity contribution in [3.05, 3.63) is 0 Å². The van der Waals surface area contributed by atoms with Crippen LogP contribution in [0.15, 0.2) is 0 Å². The molecule has 0 spiro atoms. The third-order valence-corrected chi connectivity index (χ3v) is 0.158. The summed E-state index contributed by atoms with van der Waals surface area (Å²) in [5, 5.41) is 7.62. The van der Waals surface area contributed by atoms with E-state index in [9.17, 15) is 0 Å². The Morgan fingerprint density at radius 2 is 1.60 bits per heavy atom. The van der Waals surface area contributed by atoms with Crippen LogP contribution in [0.25, 0.3) is 0 Å². The first-order valence-corrected chi connectivity index (χ1v) is 3.38. The van der Waals surface area contributed by atoms with Gasteiger partial charge in [-0.25, -0.2) is 0 Å². The summed E-state index contributed by atoms with van der Waals surface area (Å²) in [6.07, 6.45) is 0.625. The monoisotopic (exact) mass is 161 g/mol. The van der Waals surface area contributed by atoms with E-state index >= 15 is 0 Å². The molecule has 0 aliphatic carbocycles. The van der Waals surface area contributed by atoms with Gasteiger partial charge in [-0.3, -0.25) is 9.11 Å². The summed E-state index contributed by atoms with van der Waals surface area (Å²) in [6, 6.07) is 1.93. The standard InChI is InChI=1S/C3H5N.Li.H2O4S.H/c1-2-3-4;;1-5(2,3)4;/h2H2,1H3;;(H2,1,2,3,4);. The zero-order valence-corrected chi connectivity index (χ0v) is 5.59. The van der Waals surface area contributed by atoms with Crippen molar-refractivity contribution >= 4 is 29.3 Å². The number of hydrogen-bond acceptors (Lipinski definition) is 3. The molecule has 0 radical (unpaired) electrons. The van der Waals surface area contributed by atoms with Crippen LogP contribution in [0.1, 0.15) is 13.3 Å². The molecule has 0 aliphatic heterocycles. The van der Waals surface area contributed by atoms with Crippen molar-refractivity contribution in [3.8, 4) is 6.07 Å². The van der Waals surface area contributed by atoms with Gasteiger partial charge in [0.05, 0.1) is 6.07 Å². The van der Waals surface area contributed by atoms with Crippen LogP contribution in [0.2, 0.25) is 0 Å². The SMILES string of the molecule is CCC#N.O=S(=O)(O)O.[LiH]. The van der Waals surface area contributed by atoms with E-state index in [1.165, 1.54) is 0 Å². The van der Waals surface area contributed by atoms with Crippen LogP contribution in [-0.2, 0) is 10.4 Å². The van der Waals surface area contributed by atoms with Crippen LogP contribution in [0.4, 0.5) is 0 Å². The number of nitrogens with zero attached hydrogens (tertiary/aromatic N) is 1. The van der Waals surface area contributed by atoms with Crippen molar-refractivity contribution in [2.24, 2.45) is 0 Å². The van der Waals surface area contributed by atoms with Gasteiger partial charge in [0.1, 0.15) is 0 Å². The fourth-order valence-corrected chi connectivity index (χ4v) is 0. The van der Waals surface area contributed by atoms with Gasteiger partial charge in [-0.1, -0.05) is 6.92 Å². The van der Waals surface area contributed by atoms with E-state index in [-0.39, 0.29) is 18.9 Å². The van der Waals surface area contributed by atoms with E-state index in [0.717, 1.165) is 0 Å². The second-order valence-corrected chi connectivity index (χ2v) is 1.86. The van der Waals surface area contributed by atoms with E-state index in [1.807, 2.05) is 13.0 Å². The summed E-state index contributed by atoms with van der Waals surface area (Å²) in [5.41, 5.74) is 0. The predicted molar refractivity (Wildman–Crippen MR) is 37.2 cm³/mol. The molecule has 0 aromatic heterocycles. The minimum absolute atomic E-state index is 0. The molecule has 5 nitrogen and oxygen atoms in total. The number of nitriles is 1. The first-order valence-electron chi connectivity index (χ1n) is 1.98. The summed E-state index contributed by atoms with van der Waals surface area (Å²) < 4.78 is 31.6. The van der Waals surface area contributed by atoms with E-state index in [0.29, 0.717) is 6.42 Å². The summed E-state index contributed by atoms with van der Waals surface area (Å²) in [6.45, 7) is 1.82. The van der Waals surface area contributed by atoms with Crippen molar-refractivity contribution < 1.29 is 17.5 Å². The quantitative estimate of drug-likeness (QED) is 0.372. The topological polar surface area (TPSA) is 98.4 Å². The Labute approximate surface area is 71.8 Å². The first kappa shape index (κ1) is 16.5. The molecule has 0 amide bonds. The summed E-state index contributed by atoms with van der Waals surface area (Å²) in [7, 11) is -4.67. The summed E-state index contributed by atoms with van der Waals surface area (Å²) in [5.74, 6) is 0. The van der Waals surface area contributed by atoms with Gasteiger partial charge in [-0.2, -0.15) is 13.7 Å². The Morgan fingerprint density at radius 1 is 1.50 bits per heavy atom. The molecule has 0 unspecified atom stereocenters. The molecule has 2 N–H and O–H groups in total. The van der Waals surface area contributed by atoms with Gasteiger partial charge in [0.2, 0.25) is 0 Å². The van der Waals surface area contributed by atoms with Crippen molar-refractivity contribution in [1.29, 1.82) is 5.26 Å². The zero-order valence-electron chi connectivity index (χ0n) is 4.77. The molecule has 0 saturated carbocycles. The molecule has 0 aliphatic rings. The average molecular weight is 161 g/mol. The third kappa shape index (κ3) is 420. The second kappa shape index (κ2) is 8.96. The minimum atomic E-state index is -4.67. The number of rotatable bonds is 0. The van der Waals surface area contributed by atoms with Crippen molar-refractivity contribution in [1.82, 2.24) is 0 Å². The molecule has 0 fully saturated rings. The van der Waals surface area contributed by atoms with Crippen LogP contribution in [0.5, 0.6) is 0 Å². The fourth-order valence-electron chi connectivity index (χ4n) is 0. The Morgan fingerprint density at radius 3 is 1.60 bits per heavy atom. The molecule has 0 heterocycles. The number of hydrogen-bond donors (Lipinski definition) is 2. The van der Waals surface area contributed by atoms with Gasteiger partial charge in [-0.05, 0) is 0 Å². The van der Waals surface area contributed by atoms with Gasteiger partial charge in [0.15, 0.2) is 0 Å². The van der Waals surface area contributed by atoms with Crippen molar-refractivity contribution in [2.45, 2.75) is 13.3 Å². The molecule has 0 saturated heterocycles. The van der Waals surface area contributed by atoms with E-state index < -0.39 is 10.4 Å². The molecule has 10 heavy (non-hydrogen) atoms. The average Bonchev–Trinajstić information content (AvgIpc) is 1.61. The molecule has 0 atom stereocenters. The Kier molecular flexibility index (Phi) is 14.8. The van der Waals surface area contributed by atoms with Crippen LogP contribution < -0.4 is 0 Å². The Hall–Kier alpha value is -0.0426.